The van der Waals surface area contributed by atoms with Crippen LogP contribution in [0.3, 0.4) is 0 Å². The monoisotopic (exact) mass is 345 g/mol. The maximum absolute atomic E-state index is 12.4. The van der Waals surface area contributed by atoms with Crippen molar-refractivity contribution in [3.63, 3.8) is 0 Å². The average molecular weight is 345 g/mol. The molecule has 0 fully saturated rings. The zero-order chi connectivity index (χ0) is 17.5. The molecule has 2 rings (SSSR count). The van der Waals surface area contributed by atoms with Crippen molar-refractivity contribution >= 4 is 23.4 Å². The lowest BCUT2D eigenvalue weighted by Crippen LogP contribution is -2.23. The van der Waals surface area contributed by atoms with Crippen molar-refractivity contribution in [3.05, 3.63) is 54.1 Å². The lowest BCUT2D eigenvalue weighted by molar-refractivity contribution is -0.115. The Morgan fingerprint density at radius 1 is 1.00 bits per heavy atom. The van der Waals surface area contributed by atoms with Crippen LogP contribution in [0.5, 0.6) is 11.5 Å². The number of carbonyl (C=O) groups excluding carboxylic acids is 1. The summed E-state index contributed by atoms with van der Waals surface area (Å²) in [5.41, 5.74) is 1.91. The molecule has 24 heavy (non-hydrogen) atoms. The maximum Gasteiger partial charge on any atom is 0.237 e. The zero-order valence-electron chi connectivity index (χ0n) is 14.4. The van der Waals surface area contributed by atoms with Crippen molar-refractivity contribution in [3.8, 4) is 11.5 Å². The van der Waals surface area contributed by atoms with Gasteiger partial charge in [-0.2, -0.15) is 0 Å². The smallest absolute Gasteiger partial charge is 0.237 e. The van der Waals surface area contributed by atoms with Crippen LogP contribution in [0.1, 0.15) is 24.7 Å². The predicted octanol–water partition coefficient (Wildman–Crippen LogP) is 4.53. The van der Waals surface area contributed by atoms with E-state index in [-0.39, 0.29) is 16.4 Å². The molecule has 2 atom stereocenters. The Kier molecular flexibility index (Phi) is 6.55. The van der Waals surface area contributed by atoms with Gasteiger partial charge in [-0.3, -0.25) is 4.79 Å². The fraction of sp³-hybridized carbons (Fsp3) is 0.316. The molecular weight excluding hydrogens is 322 g/mol. The van der Waals surface area contributed by atoms with Crippen LogP contribution >= 0.6 is 11.8 Å². The van der Waals surface area contributed by atoms with Crippen molar-refractivity contribution in [2.24, 2.45) is 0 Å². The summed E-state index contributed by atoms with van der Waals surface area (Å²) in [6, 6.07) is 15.5. The Bertz CT molecular complexity index is 676. The van der Waals surface area contributed by atoms with Crippen LogP contribution in [-0.2, 0) is 4.79 Å². The standard InChI is InChI=1S/C19H23NO3S/c1-13(15-8-6-5-7-9-15)24-14(2)19(21)20-16-10-11-17(22-3)18(12-16)23-4/h5-14H,1-4H3,(H,20,21). The highest BCUT2D eigenvalue weighted by Gasteiger charge is 2.18. The Hall–Kier alpha value is -2.14. The molecule has 0 saturated carbocycles. The average Bonchev–Trinajstić information content (AvgIpc) is 2.62. The van der Waals surface area contributed by atoms with Crippen LogP contribution in [0.2, 0.25) is 0 Å². The van der Waals surface area contributed by atoms with Crippen molar-refractivity contribution < 1.29 is 14.3 Å². The first kappa shape index (κ1) is 18.2. The number of hydrogen-bond donors (Lipinski definition) is 1. The van der Waals surface area contributed by atoms with Gasteiger partial charge >= 0.3 is 0 Å². The zero-order valence-corrected chi connectivity index (χ0v) is 15.2. The normalized spacial score (nSPS) is 13.0. The summed E-state index contributed by atoms with van der Waals surface area (Å²) in [4.78, 5) is 12.4. The second-order valence-electron chi connectivity index (χ2n) is 5.39. The summed E-state index contributed by atoms with van der Waals surface area (Å²) < 4.78 is 10.5. The lowest BCUT2D eigenvalue weighted by atomic mass is 10.2. The number of hydrogen-bond acceptors (Lipinski definition) is 4. The molecule has 1 amide bonds. The highest BCUT2D eigenvalue weighted by Crippen LogP contribution is 2.33. The highest BCUT2D eigenvalue weighted by atomic mass is 32.2. The molecule has 0 aliphatic heterocycles. The first-order valence-corrected chi connectivity index (χ1v) is 8.72. The van der Waals surface area contributed by atoms with E-state index >= 15 is 0 Å². The molecule has 0 aliphatic carbocycles. The van der Waals surface area contributed by atoms with Crippen LogP contribution < -0.4 is 14.8 Å². The molecule has 0 aromatic heterocycles. The Morgan fingerprint density at radius 2 is 1.67 bits per heavy atom. The lowest BCUT2D eigenvalue weighted by Gasteiger charge is -2.18. The fourth-order valence-electron chi connectivity index (χ4n) is 2.33. The summed E-state index contributed by atoms with van der Waals surface area (Å²) in [6.45, 7) is 4.03. The van der Waals surface area contributed by atoms with Crippen LogP contribution in [0.15, 0.2) is 48.5 Å². The summed E-state index contributed by atoms with van der Waals surface area (Å²) >= 11 is 1.63. The van der Waals surface area contributed by atoms with Gasteiger partial charge in [-0.15, -0.1) is 11.8 Å². The van der Waals surface area contributed by atoms with Crippen LogP contribution in [0.4, 0.5) is 5.69 Å². The Morgan fingerprint density at radius 3 is 2.29 bits per heavy atom. The number of methoxy groups -OCH3 is 2. The Labute approximate surface area is 147 Å². The van der Waals surface area contributed by atoms with Gasteiger partial charge in [0.05, 0.1) is 19.5 Å². The van der Waals surface area contributed by atoms with E-state index in [1.807, 2.05) is 25.1 Å². The molecule has 0 heterocycles. The van der Waals surface area contributed by atoms with E-state index in [2.05, 4.69) is 24.4 Å². The minimum Gasteiger partial charge on any atom is -0.493 e. The molecule has 2 unspecified atom stereocenters. The second kappa shape index (κ2) is 8.64. The number of thioether (sulfide) groups is 1. The van der Waals surface area contributed by atoms with Gasteiger partial charge in [0.25, 0.3) is 0 Å². The van der Waals surface area contributed by atoms with Gasteiger partial charge in [-0.05, 0) is 31.5 Å². The first-order valence-electron chi connectivity index (χ1n) is 7.78. The Balaban J connectivity index is 1.99. The predicted molar refractivity (Wildman–Crippen MR) is 100 cm³/mol. The summed E-state index contributed by atoms with van der Waals surface area (Å²) in [6.07, 6.45) is 0. The molecule has 2 aromatic rings. The van der Waals surface area contributed by atoms with Crippen molar-refractivity contribution in [1.29, 1.82) is 0 Å². The van der Waals surface area contributed by atoms with E-state index in [0.29, 0.717) is 17.2 Å². The third-order valence-corrected chi connectivity index (χ3v) is 5.00. The van der Waals surface area contributed by atoms with Gasteiger partial charge in [0.15, 0.2) is 11.5 Å². The molecular formula is C19H23NO3S. The number of benzene rings is 2. The molecule has 128 valence electrons. The number of amides is 1. The molecule has 4 nitrogen and oxygen atoms in total. The van der Waals surface area contributed by atoms with E-state index < -0.39 is 0 Å². The van der Waals surface area contributed by atoms with Gasteiger partial charge in [0.1, 0.15) is 0 Å². The van der Waals surface area contributed by atoms with E-state index in [0.717, 1.165) is 0 Å². The SMILES string of the molecule is COc1ccc(NC(=O)C(C)SC(C)c2ccccc2)cc1OC. The molecule has 0 saturated heterocycles. The van der Waals surface area contributed by atoms with Gasteiger partial charge in [-0.25, -0.2) is 0 Å². The highest BCUT2D eigenvalue weighted by molar-refractivity contribution is 8.00. The van der Waals surface area contributed by atoms with Gasteiger partial charge in [-0.1, -0.05) is 30.3 Å². The van der Waals surface area contributed by atoms with E-state index in [4.69, 9.17) is 9.47 Å². The summed E-state index contributed by atoms with van der Waals surface area (Å²) in [5, 5.41) is 3.00. The third-order valence-electron chi connectivity index (χ3n) is 3.70. The van der Waals surface area contributed by atoms with Gasteiger partial charge in [0.2, 0.25) is 5.91 Å². The van der Waals surface area contributed by atoms with Crippen LogP contribution in [-0.4, -0.2) is 25.4 Å². The number of nitrogens with one attached hydrogen (secondary N) is 1. The van der Waals surface area contributed by atoms with Crippen molar-refractivity contribution in [1.82, 2.24) is 0 Å². The molecule has 0 aliphatic rings. The second-order valence-corrected chi connectivity index (χ2v) is 7.08. The topological polar surface area (TPSA) is 47.6 Å². The molecule has 0 spiro atoms. The number of anilines is 1. The van der Waals surface area contributed by atoms with Gasteiger partial charge in [0, 0.05) is 17.0 Å². The number of rotatable bonds is 7. The van der Waals surface area contributed by atoms with Crippen LogP contribution in [0, 0.1) is 0 Å². The van der Waals surface area contributed by atoms with Crippen LogP contribution in [0.25, 0.3) is 0 Å². The molecule has 1 N–H and O–H groups in total. The fourth-order valence-corrected chi connectivity index (χ4v) is 3.44. The molecule has 2 aromatic carbocycles. The minimum absolute atomic E-state index is 0.0324. The first-order chi connectivity index (χ1) is 11.5. The molecule has 0 radical (unpaired) electrons. The molecule has 5 heteroatoms. The van der Waals surface area contributed by atoms with Gasteiger partial charge < -0.3 is 14.8 Å². The summed E-state index contributed by atoms with van der Waals surface area (Å²) in [5.74, 6) is 1.19. The van der Waals surface area contributed by atoms with Crippen molar-refractivity contribution in [2.45, 2.75) is 24.3 Å². The quantitative estimate of drug-likeness (QED) is 0.801. The minimum atomic E-state index is -0.173. The third kappa shape index (κ3) is 4.68. The van der Waals surface area contributed by atoms with E-state index in [9.17, 15) is 4.79 Å². The maximum atomic E-state index is 12.4. The molecule has 0 bridgehead atoms. The largest absolute Gasteiger partial charge is 0.493 e. The van der Waals surface area contributed by atoms with Crippen molar-refractivity contribution in [2.75, 3.05) is 19.5 Å². The number of ether oxygens (including phenoxy) is 2. The van der Waals surface area contributed by atoms with E-state index in [1.54, 1.807) is 44.2 Å². The van der Waals surface area contributed by atoms with E-state index in [1.165, 1.54) is 5.56 Å². The number of carbonyl (C=O) groups is 1. The summed E-state index contributed by atoms with van der Waals surface area (Å²) in [7, 11) is 3.16.